The molecule has 6 nitrogen and oxygen atoms in total. The third kappa shape index (κ3) is 4.38. The maximum absolute atomic E-state index is 12.8. The summed E-state index contributed by atoms with van der Waals surface area (Å²) in [5, 5.41) is 0. The second kappa shape index (κ2) is 8.73. The van der Waals surface area contributed by atoms with Crippen LogP contribution in [0.5, 0.6) is 0 Å². The molecule has 7 heteroatoms. The molecule has 2 aliphatic carbocycles. The maximum Gasteiger partial charge on any atom is 0.225 e. The van der Waals surface area contributed by atoms with E-state index in [1.54, 1.807) is 6.20 Å². The lowest BCUT2D eigenvalue weighted by atomic mass is 9.74. The van der Waals surface area contributed by atoms with Crippen LogP contribution in [0.1, 0.15) is 82.4 Å². The number of piperidine rings is 1. The van der Waals surface area contributed by atoms with Gasteiger partial charge in [0.1, 0.15) is 5.78 Å². The standard InChI is InChI=1S/C23H34BrN3O3/c1-27-11-9-22(10-12-27)15-23(22,21(25)29)18(20-26-14-19(24)30-20)6-4-2-3-5-17(28)13-16-7-8-16/h14,16,18H,2-13,15H2,1H3,(H2,25,29)/t18-,23?/m1/s1. The molecule has 1 amide bonds. The highest BCUT2D eigenvalue weighted by Crippen LogP contribution is 2.74. The number of ketones is 1. The van der Waals surface area contributed by atoms with Gasteiger partial charge in [0.25, 0.3) is 0 Å². The van der Waals surface area contributed by atoms with Crippen molar-refractivity contribution in [2.24, 2.45) is 22.5 Å². The minimum Gasteiger partial charge on any atom is -0.434 e. The molecule has 1 unspecified atom stereocenters. The average molecular weight is 480 g/mol. The third-order valence-electron chi connectivity index (χ3n) is 7.87. The van der Waals surface area contributed by atoms with E-state index in [4.69, 9.17) is 10.2 Å². The average Bonchev–Trinajstić information content (AvgIpc) is 3.59. The fourth-order valence-corrected chi connectivity index (χ4v) is 6.04. The van der Waals surface area contributed by atoms with Crippen molar-refractivity contribution in [1.82, 2.24) is 9.88 Å². The molecule has 166 valence electrons. The van der Waals surface area contributed by atoms with Gasteiger partial charge in [-0.25, -0.2) is 4.98 Å². The molecule has 1 aromatic rings. The van der Waals surface area contributed by atoms with E-state index in [0.717, 1.165) is 64.5 Å². The van der Waals surface area contributed by atoms with Gasteiger partial charge < -0.3 is 15.1 Å². The molecule has 2 atom stereocenters. The number of halogens is 1. The second-order valence-electron chi connectivity index (χ2n) is 9.94. The Morgan fingerprint density at radius 1 is 1.30 bits per heavy atom. The van der Waals surface area contributed by atoms with Crippen LogP contribution >= 0.6 is 15.9 Å². The van der Waals surface area contributed by atoms with E-state index in [9.17, 15) is 9.59 Å². The summed E-state index contributed by atoms with van der Waals surface area (Å²) in [6.07, 6.45) is 12.1. The summed E-state index contributed by atoms with van der Waals surface area (Å²) in [7, 11) is 2.13. The van der Waals surface area contributed by atoms with Gasteiger partial charge in [0.05, 0.1) is 17.5 Å². The monoisotopic (exact) mass is 479 g/mol. The van der Waals surface area contributed by atoms with Gasteiger partial charge in [-0.05, 0) is 92.3 Å². The number of carbonyl (C=O) groups is 2. The molecular weight excluding hydrogens is 446 g/mol. The van der Waals surface area contributed by atoms with E-state index in [-0.39, 0.29) is 17.2 Å². The first-order valence-corrected chi connectivity index (χ1v) is 12.3. The topological polar surface area (TPSA) is 89.4 Å². The molecule has 1 aliphatic heterocycles. The highest BCUT2D eigenvalue weighted by Gasteiger charge is 2.74. The first kappa shape index (κ1) is 22.0. The van der Waals surface area contributed by atoms with Crippen LogP contribution in [0.25, 0.3) is 0 Å². The van der Waals surface area contributed by atoms with Gasteiger partial charge >= 0.3 is 0 Å². The Morgan fingerprint density at radius 2 is 2.03 bits per heavy atom. The van der Waals surface area contributed by atoms with Gasteiger partial charge in [-0.1, -0.05) is 12.8 Å². The number of hydrogen-bond donors (Lipinski definition) is 1. The van der Waals surface area contributed by atoms with Crippen molar-refractivity contribution in [1.29, 1.82) is 0 Å². The zero-order valence-corrected chi connectivity index (χ0v) is 19.6. The largest absolute Gasteiger partial charge is 0.434 e. The molecule has 0 radical (unpaired) electrons. The molecular formula is C23H34BrN3O3. The number of rotatable bonds is 11. The fraction of sp³-hybridized carbons (Fsp3) is 0.783. The van der Waals surface area contributed by atoms with Crippen LogP contribution in [0.2, 0.25) is 0 Å². The van der Waals surface area contributed by atoms with Crippen LogP contribution in [0.15, 0.2) is 15.3 Å². The Balaban J connectivity index is 1.41. The third-order valence-corrected chi connectivity index (χ3v) is 8.24. The second-order valence-corrected chi connectivity index (χ2v) is 10.7. The summed E-state index contributed by atoms with van der Waals surface area (Å²) in [4.78, 5) is 31.6. The Kier molecular flexibility index (Phi) is 6.40. The molecule has 30 heavy (non-hydrogen) atoms. The fourth-order valence-electron chi connectivity index (χ4n) is 5.77. The molecule has 1 spiro atoms. The zero-order chi connectivity index (χ0) is 21.4. The number of oxazole rings is 1. The normalized spacial score (nSPS) is 26.6. The molecule has 0 bridgehead atoms. The molecule has 1 aromatic heterocycles. The molecule has 2 saturated carbocycles. The maximum atomic E-state index is 12.8. The van der Waals surface area contributed by atoms with Crippen molar-refractivity contribution in [3.05, 3.63) is 16.8 Å². The number of unbranched alkanes of at least 4 members (excludes halogenated alkanes) is 2. The van der Waals surface area contributed by atoms with Crippen LogP contribution in [0.3, 0.4) is 0 Å². The van der Waals surface area contributed by atoms with Gasteiger partial charge in [0.15, 0.2) is 10.6 Å². The number of amides is 1. The van der Waals surface area contributed by atoms with E-state index < -0.39 is 5.41 Å². The zero-order valence-electron chi connectivity index (χ0n) is 18.0. The number of carbonyl (C=O) groups excluding carboxylic acids is 2. The lowest BCUT2D eigenvalue weighted by Gasteiger charge is -2.35. The Labute approximate surface area is 187 Å². The van der Waals surface area contributed by atoms with Crippen LogP contribution in [-0.2, 0) is 9.59 Å². The molecule has 0 aromatic carbocycles. The van der Waals surface area contributed by atoms with Gasteiger partial charge in [-0.2, -0.15) is 0 Å². The highest BCUT2D eigenvalue weighted by atomic mass is 79.9. The molecule has 3 fully saturated rings. The van der Waals surface area contributed by atoms with Crippen molar-refractivity contribution in [2.75, 3.05) is 20.1 Å². The summed E-state index contributed by atoms with van der Waals surface area (Å²) < 4.78 is 6.45. The highest BCUT2D eigenvalue weighted by molar-refractivity contribution is 9.10. The number of Topliss-reactive ketones (excluding diaryl/α,β-unsaturated/α-hetero) is 1. The SMILES string of the molecule is CN1CCC2(CC1)CC2(C(N)=O)[C@H](CCCCCC(=O)CC1CC1)c1ncc(Br)o1. The first-order chi connectivity index (χ1) is 14.4. The Bertz CT molecular complexity index is 782. The number of nitrogens with zero attached hydrogens (tertiary/aromatic N) is 2. The van der Waals surface area contributed by atoms with Gasteiger partial charge in [-0.15, -0.1) is 0 Å². The summed E-state index contributed by atoms with van der Waals surface area (Å²) in [6.45, 7) is 2.00. The van der Waals surface area contributed by atoms with E-state index in [2.05, 4.69) is 32.9 Å². The van der Waals surface area contributed by atoms with Crippen molar-refractivity contribution < 1.29 is 14.0 Å². The number of aromatic nitrogens is 1. The Hall–Kier alpha value is -1.21. The minimum absolute atomic E-state index is 0.0167. The van der Waals surface area contributed by atoms with Crippen molar-refractivity contribution in [2.45, 2.75) is 76.5 Å². The lowest BCUT2D eigenvalue weighted by molar-refractivity contribution is -0.126. The predicted octanol–water partition coefficient (Wildman–Crippen LogP) is 4.43. The van der Waals surface area contributed by atoms with Crippen LogP contribution in [0, 0.1) is 16.7 Å². The molecule has 1 saturated heterocycles. The summed E-state index contributed by atoms with van der Waals surface area (Å²) in [6, 6.07) is 0. The Morgan fingerprint density at radius 3 is 2.63 bits per heavy atom. The molecule has 2 heterocycles. The number of hydrogen-bond acceptors (Lipinski definition) is 5. The molecule has 2 N–H and O–H groups in total. The summed E-state index contributed by atoms with van der Waals surface area (Å²) in [5.74, 6) is 1.41. The lowest BCUT2D eigenvalue weighted by Crippen LogP contribution is -2.41. The molecule has 4 rings (SSSR count). The van der Waals surface area contributed by atoms with Gasteiger partial charge in [0.2, 0.25) is 5.91 Å². The molecule has 3 aliphatic rings. The van der Waals surface area contributed by atoms with Crippen molar-refractivity contribution in [3.63, 3.8) is 0 Å². The number of nitrogens with two attached hydrogens (primary N) is 1. The van der Waals surface area contributed by atoms with Crippen LogP contribution < -0.4 is 5.73 Å². The summed E-state index contributed by atoms with van der Waals surface area (Å²) in [5.41, 5.74) is 5.49. The van der Waals surface area contributed by atoms with Crippen LogP contribution in [0.4, 0.5) is 0 Å². The number of primary amides is 1. The van der Waals surface area contributed by atoms with Crippen molar-refractivity contribution >= 4 is 27.6 Å². The smallest absolute Gasteiger partial charge is 0.225 e. The number of likely N-dealkylation sites (tertiary alicyclic amines) is 1. The van der Waals surface area contributed by atoms with Crippen LogP contribution in [-0.4, -0.2) is 41.7 Å². The van der Waals surface area contributed by atoms with E-state index in [1.165, 1.54) is 12.8 Å². The van der Waals surface area contributed by atoms with E-state index in [1.807, 2.05) is 0 Å². The van der Waals surface area contributed by atoms with Crippen molar-refractivity contribution in [3.8, 4) is 0 Å². The van der Waals surface area contributed by atoms with E-state index in [0.29, 0.717) is 28.7 Å². The van der Waals surface area contributed by atoms with Gasteiger partial charge in [0, 0.05) is 12.8 Å². The minimum atomic E-state index is -0.555. The quantitative estimate of drug-likeness (QED) is 0.474. The predicted molar refractivity (Wildman–Crippen MR) is 118 cm³/mol. The van der Waals surface area contributed by atoms with E-state index >= 15 is 0 Å². The first-order valence-electron chi connectivity index (χ1n) is 11.5. The van der Waals surface area contributed by atoms with Gasteiger partial charge in [-0.3, -0.25) is 9.59 Å². The summed E-state index contributed by atoms with van der Waals surface area (Å²) >= 11 is 3.36.